The van der Waals surface area contributed by atoms with Gasteiger partial charge in [0.25, 0.3) is 0 Å². The van der Waals surface area contributed by atoms with E-state index in [1.54, 1.807) is 6.08 Å². The zero-order valence-corrected chi connectivity index (χ0v) is 14.1. The second kappa shape index (κ2) is 8.17. The van der Waals surface area contributed by atoms with E-state index in [9.17, 15) is 4.79 Å². The van der Waals surface area contributed by atoms with Crippen LogP contribution in [0.1, 0.15) is 69.4 Å². The molecular weight excluding hydrogens is 272 g/mol. The third-order valence-electron chi connectivity index (χ3n) is 4.94. The predicted molar refractivity (Wildman–Crippen MR) is 91.7 cm³/mol. The molecule has 22 heavy (non-hydrogen) atoms. The molecule has 0 heterocycles. The van der Waals surface area contributed by atoms with Gasteiger partial charge in [-0.1, -0.05) is 57.4 Å². The van der Waals surface area contributed by atoms with Crippen LogP contribution >= 0.6 is 0 Å². The first-order valence-electron chi connectivity index (χ1n) is 8.55. The van der Waals surface area contributed by atoms with Gasteiger partial charge in [0.2, 0.25) is 0 Å². The van der Waals surface area contributed by atoms with Gasteiger partial charge in [0, 0.05) is 6.08 Å². The standard InChI is InChI=1S/C20H28O2/c1-4-15(2)16-10-12-18(13-11-16)19(14-20(21)22-3)17-8-6-5-7-9-17/h10-15,17H,4-9H2,1-3H3. The van der Waals surface area contributed by atoms with Gasteiger partial charge in [0.15, 0.2) is 0 Å². The Hall–Kier alpha value is -1.57. The fourth-order valence-electron chi connectivity index (χ4n) is 3.28. The maximum Gasteiger partial charge on any atom is 0.330 e. The number of rotatable bonds is 5. The highest BCUT2D eigenvalue weighted by molar-refractivity contribution is 5.91. The summed E-state index contributed by atoms with van der Waals surface area (Å²) in [6, 6.07) is 8.75. The molecule has 2 rings (SSSR count). The van der Waals surface area contributed by atoms with Crippen molar-refractivity contribution in [3.8, 4) is 0 Å². The van der Waals surface area contributed by atoms with Gasteiger partial charge in [-0.2, -0.15) is 0 Å². The van der Waals surface area contributed by atoms with E-state index in [1.165, 1.54) is 50.3 Å². The predicted octanol–water partition coefficient (Wildman–Crippen LogP) is 5.34. The van der Waals surface area contributed by atoms with E-state index in [1.807, 2.05) is 0 Å². The quantitative estimate of drug-likeness (QED) is 0.542. The third kappa shape index (κ3) is 4.22. The zero-order valence-electron chi connectivity index (χ0n) is 14.1. The van der Waals surface area contributed by atoms with Crippen LogP contribution in [0.25, 0.3) is 5.57 Å². The number of methoxy groups -OCH3 is 1. The Morgan fingerprint density at radius 1 is 1.23 bits per heavy atom. The number of allylic oxidation sites excluding steroid dienone is 1. The van der Waals surface area contributed by atoms with Gasteiger partial charge in [0.1, 0.15) is 0 Å². The van der Waals surface area contributed by atoms with Crippen LogP contribution in [-0.4, -0.2) is 13.1 Å². The molecule has 1 unspecified atom stereocenters. The van der Waals surface area contributed by atoms with Crippen LogP contribution < -0.4 is 0 Å². The van der Waals surface area contributed by atoms with E-state index in [-0.39, 0.29) is 5.97 Å². The Bertz CT molecular complexity index is 507. The van der Waals surface area contributed by atoms with Gasteiger partial charge in [-0.3, -0.25) is 0 Å². The number of benzene rings is 1. The second-order valence-corrected chi connectivity index (χ2v) is 6.39. The molecular formula is C20H28O2. The number of hydrogen-bond acceptors (Lipinski definition) is 2. The van der Waals surface area contributed by atoms with Crippen molar-refractivity contribution in [1.29, 1.82) is 0 Å². The highest BCUT2D eigenvalue weighted by Gasteiger charge is 2.20. The van der Waals surface area contributed by atoms with Crippen molar-refractivity contribution < 1.29 is 9.53 Å². The average Bonchev–Trinajstić information content (AvgIpc) is 2.59. The molecule has 1 aromatic rings. The van der Waals surface area contributed by atoms with Crippen molar-refractivity contribution in [2.24, 2.45) is 5.92 Å². The van der Waals surface area contributed by atoms with E-state index < -0.39 is 0 Å². The number of hydrogen-bond donors (Lipinski definition) is 0. The molecule has 0 aliphatic heterocycles. The molecule has 1 atom stereocenters. The normalized spacial score (nSPS) is 18.0. The fraction of sp³-hybridized carbons (Fsp3) is 0.550. The summed E-state index contributed by atoms with van der Waals surface area (Å²) < 4.78 is 4.86. The first kappa shape index (κ1) is 16.8. The van der Waals surface area contributed by atoms with Gasteiger partial charge in [0.05, 0.1) is 7.11 Å². The minimum absolute atomic E-state index is 0.244. The van der Waals surface area contributed by atoms with Crippen LogP contribution in [0.4, 0.5) is 0 Å². The van der Waals surface area contributed by atoms with Crippen LogP contribution in [-0.2, 0) is 9.53 Å². The molecule has 1 aliphatic carbocycles. The molecule has 1 aromatic carbocycles. The number of ether oxygens (including phenoxy) is 1. The monoisotopic (exact) mass is 300 g/mol. The molecule has 0 radical (unpaired) electrons. The van der Waals surface area contributed by atoms with Crippen LogP contribution in [0.3, 0.4) is 0 Å². The van der Waals surface area contributed by atoms with E-state index in [2.05, 4.69) is 38.1 Å². The number of carbonyl (C=O) groups is 1. The topological polar surface area (TPSA) is 26.3 Å². The Balaban J connectivity index is 2.28. The first-order valence-corrected chi connectivity index (χ1v) is 8.55. The van der Waals surface area contributed by atoms with Crippen LogP contribution in [0.15, 0.2) is 30.3 Å². The molecule has 1 fully saturated rings. The van der Waals surface area contributed by atoms with Crippen molar-refractivity contribution in [1.82, 2.24) is 0 Å². The minimum atomic E-state index is -0.244. The molecule has 2 nitrogen and oxygen atoms in total. The Morgan fingerprint density at radius 3 is 2.41 bits per heavy atom. The lowest BCUT2D eigenvalue weighted by Gasteiger charge is -2.25. The largest absolute Gasteiger partial charge is 0.466 e. The van der Waals surface area contributed by atoms with Crippen molar-refractivity contribution in [2.75, 3.05) is 7.11 Å². The summed E-state index contributed by atoms with van der Waals surface area (Å²) in [5.41, 5.74) is 3.69. The van der Waals surface area contributed by atoms with E-state index >= 15 is 0 Å². The molecule has 2 heteroatoms. The maximum absolute atomic E-state index is 11.8. The lowest BCUT2D eigenvalue weighted by molar-refractivity contribution is -0.134. The molecule has 0 bridgehead atoms. The van der Waals surface area contributed by atoms with E-state index in [0.29, 0.717) is 11.8 Å². The summed E-state index contributed by atoms with van der Waals surface area (Å²) in [6.45, 7) is 4.46. The maximum atomic E-state index is 11.8. The molecule has 0 N–H and O–H groups in total. The van der Waals surface area contributed by atoms with Crippen molar-refractivity contribution >= 4 is 11.5 Å². The Morgan fingerprint density at radius 2 is 1.86 bits per heavy atom. The second-order valence-electron chi connectivity index (χ2n) is 6.39. The SMILES string of the molecule is CCC(C)c1ccc(C(=CC(=O)OC)C2CCCCC2)cc1. The van der Waals surface area contributed by atoms with Gasteiger partial charge in [-0.25, -0.2) is 4.79 Å². The van der Waals surface area contributed by atoms with Crippen LogP contribution in [0.2, 0.25) is 0 Å². The molecule has 0 amide bonds. The molecule has 1 aliphatic rings. The van der Waals surface area contributed by atoms with Crippen LogP contribution in [0.5, 0.6) is 0 Å². The lowest BCUT2D eigenvalue weighted by atomic mass is 9.80. The van der Waals surface area contributed by atoms with E-state index in [0.717, 1.165) is 12.0 Å². The highest BCUT2D eigenvalue weighted by atomic mass is 16.5. The molecule has 120 valence electrons. The summed E-state index contributed by atoms with van der Waals surface area (Å²) in [4.78, 5) is 11.8. The van der Waals surface area contributed by atoms with Crippen molar-refractivity contribution in [2.45, 2.75) is 58.3 Å². The van der Waals surface area contributed by atoms with Crippen LogP contribution in [0, 0.1) is 5.92 Å². The van der Waals surface area contributed by atoms with Crippen molar-refractivity contribution in [3.63, 3.8) is 0 Å². The summed E-state index contributed by atoms with van der Waals surface area (Å²) in [5.74, 6) is 0.825. The van der Waals surface area contributed by atoms with E-state index in [4.69, 9.17) is 4.74 Å². The molecule has 0 saturated heterocycles. The molecule has 0 aromatic heterocycles. The van der Waals surface area contributed by atoms with Gasteiger partial charge in [-0.15, -0.1) is 0 Å². The number of carbonyl (C=O) groups excluding carboxylic acids is 1. The average molecular weight is 300 g/mol. The smallest absolute Gasteiger partial charge is 0.330 e. The Labute approximate surface area is 134 Å². The fourth-order valence-corrected chi connectivity index (χ4v) is 3.28. The third-order valence-corrected chi connectivity index (χ3v) is 4.94. The minimum Gasteiger partial charge on any atom is -0.466 e. The van der Waals surface area contributed by atoms with Gasteiger partial charge >= 0.3 is 5.97 Å². The molecule has 0 spiro atoms. The first-order chi connectivity index (χ1) is 10.7. The van der Waals surface area contributed by atoms with Gasteiger partial charge < -0.3 is 4.74 Å². The Kier molecular flexibility index (Phi) is 6.23. The van der Waals surface area contributed by atoms with Crippen molar-refractivity contribution in [3.05, 3.63) is 41.5 Å². The zero-order chi connectivity index (χ0) is 15.9. The highest BCUT2D eigenvalue weighted by Crippen LogP contribution is 2.36. The summed E-state index contributed by atoms with van der Waals surface area (Å²) in [7, 11) is 1.45. The summed E-state index contributed by atoms with van der Waals surface area (Å²) in [6.07, 6.45) is 9.03. The molecule has 1 saturated carbocycles. The lowest BCUT2D eigenvalue weighted by Crippen LogP contribution is -2.11. The summed E-state index contributed by atoms with van der Waals surface area (Å²) in [5, 5.41) is 0. The number of esters is 1. The summed E-state index contributed by atoms with van der Waals surface area (Å²) >= 11 is 0. The van der Waals surface area contributed by atoms with Gasteiger partial charge in [-0.05, 0) is 47.8 Å².